The Hall–Kier alpha value is -2.58. The van der Waals surface area contributed by atoms with Gasteiger partial charge in [-0.2, -0.15) is 0 Å². The first-order chi connectivity index (χ1) is 19.6. The van der Waals surface area contributed by atoms with Crippen molar-refractivity contribution in [1.29, 1.82) is 0 Å². The number of aryl methyl sites for hydroxylation is 1. The van der Waals surface area contributed by atoms with Crippen LogP contribution in [0.25, 0.3) is 0 Å². The second-order valence-electron chi connectivity index (χ2n) is 11.4. The molecule has 0 saturated carbocycles. The fourth-order valence-electron chi connectivity index (χ4n) is 5.64. The first-order valence-electron chi connectivity index (χ1n) is 15.1. The molecule has 1 heterocycles. The Morgan fingerprint density at radius 3 is 2.32 bits per heavy atom. The molecule has 1 fully saturated rings. The minimum atomic E-state index is -0.505. The predicted molar refractivity (Wildman–Crippen MR) is 168 cm³/mol. The average Bonchev–Trinajstić information content (AvgIpc) is 3.52. The van der Waals surface area contributed by atoms with E-state index in [1.807, 2.05) is 26.0 Å². The van der Waals surface area contributed by atoms with Gasteiger partial charge in [0.2, 0.25) is 0 Å². The van der Waals surface area contributed by atoms with Crippen LogP contribution in [0.2, 0.25) is 0 Å². The minimum Gasteiger partial charge on any atom is -0.592 e. The number of nitrogens with one attached hydrogen (secondary N) is 1. The number of nitrogens with zero attached hydrogens (tertiary/aromatic N) is 1. The maximum absolute atomic E-state index is 12.8. The van der Waals surface area contributed by atoms with Crippen LogP contribution in [0.15, 0.2) is 30.3 Å². The molecular formula is C33H48BrN2O5+. The highest BCUT2D eigenvalue weighted by molar-refractivity contribution is 9.09. The van der Waals surface area contributed by atoms with E-state index in [2.05, 4.69) is 52.1 Å². The Kier molecular flexibility index (Phi) is 12.5. The molecule has 0 aromatic heterocycles. The molecule has 1 saturated heterocycles. The number of hydrogen-bond acceptors (Lipinski definition) is 5. The van der Waals surface area contributed by atoms with Crippen LogP contribution in [0, 0.1) is 0 Å². The van der Waals surface area contributed by atoms with E-state index in [4.69, 9.17) is 9.84 Å². The van der Waals surface area contributed by atoms with Gasteiger partial charge >= 0.3 is 5.97 Å². The number of phenols is 1. The molecule has 0 aliphatic carbocycles. The fraction of sp³-hybridized carbons (Fsp3) is 0.576. The molecule has 1 amide bonds. The van der Waals surface area contributed by atoms with Gasteiger partial charge < -0.3 is 20.3 Å². The lowest BCUT2D eigenvalue weighted by atomic mass is 9.92. The standard InChI is InChI=1S/C33H47BrN2O5/c1-6-11-26-20-28(32(39)35-5)31(38)27(30(26)37)13-8-7-12-21(2)24-14-16-25(17-15-24)29(34)33(40)41-23(4)22(3)36-18-9-10-19-36/h14-17,20-23,29,37-38H,6-13,18-19H2,1-5H3,(H,35,39)/p+1. The highest BCUT2D eigenvalue weighted by Crippen LogP contribution is 2.37. The first-order valence-corrected chi connectivity index (χ1v) is 16.0. The number of aromatic hydroxyl groups is 1. The number of amides is 1. The number of unbranched alkanes of at least 4 members (excludes halogenated alkanes) is 1. The minimum absolute atomic E-state index is 0.119. The number of rotatable bonds is 14. The van der Waals surface area contributed by atoms with Crippen LogP contribution in [-0.2, 0) is 22.4 Å². The highest BCUT2D eigenvalue weighted by atomic mass is 79.9. The van der Waals surface area contributed by atoms with Gasteiger partial charge in [0, 0.05) is 13.1 Å². The van der Waals surface area contributed by atoms with Gasteiger partial charge in [0.05, 0.1) is 5.56 Å². The average molecular weight is 633 g/mol. The second kappa shape index (κ2) is 15.6. The normalized spacial score (nSPS) is 16.6. The molecule has 0 radical (unpaired) electrons. The van der Waals surface area contributed by atoms with Gasteiger partial charge in [-0.3, -0.25) is 14.5 Å². The molecule has 2 aromatic rings. The zero-order valence-electron chi connectivity index (χ0n) is 25.3. The Balaban J connectivity index is 1.53. The maximum Gasteiger partial charge on any atom is 0.324 e. The predicted octanol–water partition coefficient (Wildman–Crippen LogP) is 6.51. The number of halogens is 1. The summed E-state index contributed by atoms with van der Waals surface area (Å²) < 4.78 is 5.80. The van der Waals surface area contributed by atoms with Gasteiger partial charge in [-0.05, 0) is 94.1 Å². The maximum atomic E-state index is 12.8. The van der Waals surface area contributed by atoms with E-state index in [1.54, 1.807) is 13.1 Å². The lowest BCUT2D eigenvalue weighted by Gasteiger charge is -2.29. The van der Waals surface area contributed by atoms with Crippen molar-refractivity contribution in [1.82, 2.24) is 10.2 Å². The van der Waals surface area contributed by atoms with Crippen molar-refractivity contribution < 1.29 is 24.5 Å². The smallest absolute Gasteiger partial charge is 0.324 e. The Morgan fingerprint density at radius 1 is 1.07 bits per heavy atom. The highest BCUT2D eigenvalue weighted by Gasteiger charge is 2.28. The molecule has 41 heavy (non-hydrogen) atoms. The Bertz CT molecular complexity index is 1160. The van der Waals surface area contributed by atoms with Crippen LogP contribution < -0.4 is 5.32 Å². The Labute approximate surface area is 253 Å². The zero-order chi connectivity index (χ0) is 30.1. The van der Waals surface area contributed by atoms with Gasteiger partial charge in [0.1, 0.15) is 22.2 Å². The van der Waals surface area contributed by atoms with Gasteiger partial charge in [0.15, 0.2) is 0 Å². The molecule has 4 N–H and O–H groups in total. The number of esters is 1. The van der Waals surface area contributed by atoms with Gasteiger partial charge in [0.25, 0.3) is 11.7 Å². The van der Waals surface area contributed by atoms with Crippen molar-refractivity contribution in [3.8, 4) is 11.5 Å². The summed E-state index contributed by atoms with van der Waals surface area (Å²) >= 11 is 3.54. The van der Waals surface area contributed by atoms with E-state index in [0.29, 0.717) is 29.9 Å². The lowest BCUT2D eigenvalue weighted by Crippen LogP contribution is -2.40. The Morgan fingerprint density at radius 2 is 1.71 bits per heavy atom. The summed E-state index contributed by atoms with van der Waals surface area (Å²) in [7, 11) is 1.56. The molecule has 8 heteroatoms. The molecule has 7 nitrogen and oxygen atoms in total. The third-order valence-electron chi connectivity index (χ3n) is 8.49. The third kappa shape index (κ3) is 8.48. The summed E-state index contributed by atoms with van der Waals surface area (Å²) in [6.45, 7) is 10.5. The van der Waals surface area contributed by atoms with Crippen molar-refractivity contribution in [2.45, 2.75) is 102 Å². The number of likely N-dealkylation sites (tertiary alicyclic amines) is 1. The molecule has 4 atom stereocenters. The van der Waals surface area contributed by atoms with Crippen LogP contribution in [0.4, 0.5) is 0 Å². The first kappa shape index (κ1) is 32.9. The van der Waals surface area contributed by atoms with E-state index in [-0.39, 0.29) is 35.5 Å². The summed E-state index contributed by atoms with van der Waals surface area (Å²) in [6.07, 6.45) is 7.01. The molecule has 0 spiro atoms. The molecule has 2 aromatic carbocycles. The molecule has 1 aliphatic heterocycles. The van der Waals surface area contributed by atoms with Crippen molar-refractivity contribution in [2.75, 3.05) is 20.1 Å². The van der Waals surface area contributed by atoms with E-state index in [9.17, 15) is 14.7 Å². The van der Waals surface area contributed by atoms with Crippen LogP contribution in [0.3, 0.4) is 0 Å². The number of benzene rings is 2. The number of ether oxygens (including phenoxy) is 1. The number of alkyl halides is 1. The largest absolute Gasteiger partial charge is 0.592 e. The van der Waals surface area contributed by atoms with Crippen molar-refractivity contribution >= 4 is 27.8 Å². The SMILES string of the molecule is CCCc1cc(C(=O)NC)c([OH2+])c(CCCCC(C)c2ccc(C(Br)C(=O)OC(C)C(C)N3CCCC3)cc2)c1O. The van der Waals surface area contributed by atoms with Crippen molar-refractivity contribution in [3.63, 3.8) is 0 Å². The third-order valence-corrected chi connectivity index (χ3v) is 9.39. The van der Waals surface area contributed by atoms with Crippen LogP contribution >= 0.6 is 15.9 Å². The summed E-state index contributed by atoms with van der Waals surface area (Å²) in [5.74, 6) is 0.0479. The van der Waals surface area contributed by atoms with E-state index >= 15 is 0 Å². The van der Waals surface area contributed by atoms with Gasteiger partial charge in [-0.25, -0.2) is 0 Å². The topological polar surface area (TPSA) is 102 Å². The quantitative estimate of drug-likeness (QED) is 0.107. The summed E-state index contributed by atoms with van der Waals surface area (Å²) in [6, 6.07) is 10.0. The van der Waals surface area contributed by atoms with Gasteiger partial charge in [-0.1, -0.05) is 66.9 Å². The molecule has 226 valence electrons. The van der Waals surface area contributed by atoms with Crippen molar-refractivity contribution in [2.24, 2.45) is 0 Å². The van der Waals surface area contributed by atoms with Gasteiger partial charge in [-0.15, -0.1) is 0 Å². The molecular weight excluding hydrogens is 584 g/mol. The summed E-state index contributed by atoms with van der Waals surface area (Å²) in [5.41, 5.74) is 3.70. The fourth-order valence-corrected chi connectivity index (χ4v) is 6.06. The molecule has 0 bridgehead atoms. The zero-order valence-corrected chi connectivity index (χ0v) is 26.9. The lowest BCUT2D eigenvalue weighted by molar-refractivity contribution is -0.150. The molecule has 4 unspecified atom stereocenters. The molecule has 3 rings (SSSR count). The molecule has 1 aliphatic rings. The van der Waals surface area contributed by atoms with E-state index in [0.717, 1.165) is 49.9 Å². The summed E-state index contributed by atoms with van der Waals surface area (Å²) in [4.78, 5) is 27.0. The number of hydrogen-bond donors (Lipinski definition) is 2. The number of phenolic OH excluding ortho intramolecular Hbond substituents is 1. The summed E-state index contributed by atoms with van der Waals surface area (Å²) in [5, 5.41) is 21.9. The monoisotopic (exact) mass is 631 g/mol. The van der Waals surface area contributed by atoms with E-state index in [1.165, 1.54) is 18.4 Å². The second-order valence-corrected chi connectivity index (χ2v) is 12.3. The van der Waals surface area contributed by atoms with Crippen LogP contribution in [0.5, 0.6) is 11.5 Å². The number of carbonyl (C=O) groups is 2. The number of carbonyl (C=O) groups excluding carboxylic acids is 2. The van der Waals surface area contributed by atoms with Crippen LogP contribution in [-0.4, -0.2) is 59.3 Å². The van der Waals surface area contributed by atoms with Crippen LogP contribution in [0.1, 0.15) is 110 Å². The van der Waals surface area contributed by atoms with Crippen molar-refractivity contribution in [3.05, 3.63) is 58.1 Å². The van der Waals surface area contributed by atoms with E-state index < -0.39 is 4.83 Å².